The maximum Gasteiger partial charge on any atom is 0.387 e. The number of carbonyl (C=O) groups is 2. The first-order chi connectivity index (χ1) is 13.3. The van der Waals surface area contributed by atoms with Gasteiger partial charge in [-0.05, 0) is 59.1 Å². The summed E-state index contributed by atoms with van der Waals surface area (Å²) in [4.78, 5) is 24.7. The van der Waals surface area contributed by atoms with Crippen molar-refractivity contribution in [1.29, 1.82) is 0 Å². The van der Waals surface area contributed by atoms with Gasteiger partial charge in [-0.25, -0.2) is 0 Å². The van der Waals surface area contributed by atoms with Crippen LogP contribution in [-0.4, -0.2) is 38.1 Å². The Bertz CT molecular complexity index is 832. The van der Waals surface area contributed by atoms with E-state index in [0.29, 0.717) is 16.9 Å². The van der Waals surface area contributed by atoms with Crippen LogP contribution in [-0.2, 0) is 11.2 Å². The first-order valence-electron chi connectivity index (χ1n) is 8.25. The van der Waals surface area contributed by atoms with E-state index in [1.165, 1.54) is 30.6 Å². The molecule has 0 aliphatic heterocycles. The van der Waals surface area contributed by atoms with Crippen LogP contribution >= 0.6 is 27.3 Å². The summed E-state index contributed by atoms with van der Waals surface area (Å²) in [5, 5.41) is 5.32. The lowest BCUT2D eigenvalue weighted by atomic mass is 10.1. The highest BCUT2D eigenvalue weighted by Crippen LogP contribution is 2.29. The summed E-state index contributed by atoms with van der Waals surface area (Å²) in [6.07, 6.45) is 0.397. The summed E-state index contributed by atoms with van der Waals surface area (Å²) in [5.74, 6) is -0.544. The number of carbonyl (C=O) groups excluding carboxylic acids is 2. The highest BCUT2D eigenvalue weighted by Gasteiger charge is 2.17. The molecule has 0 fully saturated rings. The van der Waals surface area contributed by atoms with E-state index < -0.39 is 12.7 Å². The first kappa shape index (κ1) is 22.1. The predicted molar refractivity (Wildman–Crippen MR) is 105 cm³/mol. The number of rotatable bonds is 9. The normalized spacial score (nSPS) is 11.8. The summed E-state index contributed by atoms with van der Waals surface area (Å²) in [5.41, 5.74) is 0.692. The number of nitrogens with one attached hydrogen (secondary N) is 2. The van der Waals surface area contributed by atoms with Gasteiger partial charge in [-0.2, -0.15) is 8.78 Å². The van der Waals surface area contributed by atoms with E-state index in [1.807, 2.05) is 0 Å². The van der Waals surface area contributed by atoms with Crippen molar-refractivity contribution in [2.75, 3.05) is 13.7 Å². The fourth-order valence-corrected chi connectivity index (χ4v) is 3.61. The van der Waals surface area contributed by atoms with Crippen LogP contribution in [0.2, 0.25) is 0 Å². The van der Waals surface area contributed by atoms with Crippen LogP contribution in [0.15, 0.2) is 34.1 Å². The van der Waals surface area contributed by atoms with Gasteiger partial charge in [0, 0.05) is 6.54 Å². The first-order valence-corrected chi connectivity index (χ1v) is 9.86. The summed E-state index contributed by atoms with van der Waals surface area (Å²) in [7, 11) is 1.36. The van der Waals surface area contributed by atoms with Crippen LogP contribution in [0, 0.1) is 0 Å². The molecular weight excluding hydrogens is 458 g/mol. The molecular formula is C18H19BrF2N2O4S. The molecule has 0 spiro atoms. The zero-order valence-electron chi connectivity index (χ0n) is 15.1. The van der Waals surface area contributed by atoms with Crippen molar-refractivity contribution in [1.82, 2.24) is 10.6 Å². The van der Waals surface area contributed by atoms with Crippen molar-refractivity contribution >= 4 is 39.1 Å². The molecule has 2 amide bonds. The Morgan fingerprint density at radius 1 is 1.21 bits per heavy atom. The average Bonchev–Trinajstić information content (AvgIpc) is 3.08. The van der Waals surface area contributed by atoms with E-state index in [9.17, 15) is 18.4 Å². The van der Waals surface area contributed by atoms with Crippen LogP contribution in [0.25, 0.3) is 0 Å². The lowest BCUT2D eigenvalue weighted by Gasteiger charge is -2.14. The second-order valence-electron chi connectivity index (χ2n) is 5.70. The van der Waals surface area contributed by atoms with Crippen molar-refractivity contribution in [2.24, 2.45) is 0 Å². The van der Waals surface area contributed by atoms with Crippen LogP contribution in [0.4, 0.5) is 8.78 Å². The van der Waals surface area contributed by atoms with Crippen LogP contribution in [0.1, 0.15) is 22.2 Å². The molecule has 1 aromatic heterocycles. The van der Waals surface area contributed by atoms with E-state index in [-0.39, 0.29) is 29.9 Å². The van der Waals surface area contributed by atoms with Gasteiger partial charge in [0.25, 0.3) is 5.91 Å². The van der Waals surface area contributed by atoms with E-state index in [1.54, 1.807) is 25.1 Å². The minimum absolute atomic E-state index is 0.0657. The molecule has 1 aromatic carbocycles. The number of alkyl halides is 2. The van der Waals surface area contributed by atoms with Gasteiger partial charge < -0.3 is 20.1 Å². The molecule has 1 atom stereocenters. The van der Waals surface area contributed by atoms with Gasteiger partial charge in [0.2, 0.25) is 5.91 Å². The minimum atomic E-state index is -2.96. The Balaban J connectivity index is 1.85. The van der Waals surface area contributed by atoms with Crippen molar-refractivity contribution in [3.63, 3.8) is 0 Å². The van der Waals surface area contributed by atoms with Crippen molar-refractivity contribution < 1.29 is 27.8 Å². The highest BCUT2D eigenvalue weighted by atomic mass is 79.9. The Labute approximate surface area is 173 Å². The monoisotopic (exact) mass is 476 g/mol. The standard InChI is InChI=1S/C18H19BrF2N2O4S/c1-10(23-17(25)14-5-6-15(19)28-14)16(24)22-8-7-11-3-4-12(26-2)13(9-11)27-18(20)21/h3-6,9-10,18H,7-8H2,1-2H3,(H,22,24)(H,23,25). The minimum Gasteiger partial charge on any atom is -0.493 e. The zero-order chi connectivity index (χ0) is 20.7. The van der Waals surface area contributed by atoms with Crippen LogP contribution < -0.4 is 20.1 Å². The Hall–Kier alpha value is -2.20. The Kier molecular flexibility index (Phi) is 8.18. The molecule has 0 aliphatic carbocycles. The molecule has 28 heavy (non-hydrogen) atoms. The van der Waals surface area contributed by atoms with E-state index in [0.717, 1.165) is 3.79 Å². The average molecular weight is 477 g/mol. The summed E-state index contributed by atoms with van der Waals surface area (Å²) in [6.45, 7) is -1.11. The molecule has 2 aromatic rings. The molecule has 6 nitrogen and oxygen atoms in total. The number of ether oxygens (including phenoxy) is 2. The molecule has 152 valence electrons. The van der Waals surface area contributed by atoms with Gasteiger partial charge in [0.05, 0.1) is 15.8 Å². The second kappa shape index (κ2) is 10.4. The Morgan fingerprint density at radius 2 is 1.96 bits per heavy atom. The van der Waals surface area contributed by atoms with Gasteiger partial charge in [0.1, 0.15) is 6.04 Å². The molecule has 0 saturated carbocycles. The smallest absolute Gasteiger partial charge is 0.387 e. The zero-order valence-corrected chi connectivity index (χ0v) is 17.5. The van der Waals surface area contributed by atoms with Crippen molar-refractivity contribution in [3.8, 4) is 11.5 Å². The fraction of sp³-hybridized carbons (Fsp3) is 0.333. The van der Waals surface area contributed by atoms with E-state index in [2.05, 4.69) is 31.3 Å². The quantitative estimate of drug-likeness (QED) is 0.579. The molecule has 0 aliphatic rings. The lowest BCUT2D eigenvalue weighted by molar-refractivity contribution is -0.122. The maximum atomic E-state index is 12.5. The summed E-state index contributed by atoms with van der Waals surface area (Å²) >= 11 is 4.55. The third kappa shape index (κ3) is 6.45. The molecule has 0 radical (unpaired) electrons. The Morgan fingerprint density at radius 3 is 2.57 bits per heavy atom. The third-order valence-electron chi connectivity index (χ3n) is 3.69. The van der Waals surface area contributed by atoms with Gasteiger partial charge in [-0.1, -0.05) is 6.07 Å². The fourth-order valence-electron chi connectivity index (χ4n) is 2.32. The predicted octanol–water partition coefficient (Wildman–Crippen LogP) is 3.60. The molecule has 2 N–H and O–H groups in total. The molecule has 0 saturated heterocycles. The van der Waals surface area contributed by atoms with Gasteiger partial charge in [-0.15, -0.1) is 11.3 Å². The number of thiophene rings is 1. The SMILES string of the molecule is COc1ccc(CCNC(=O)C(C)NC(=O)c2ccc(Br)s2)cc1OC(F)F. The van der Waals surface area contributed by atoms with E-state index in [4.69, 9.17) is 4.74 Å². The number of amides is 2. The highest BCUT2D eigenvalue weighted by molar-refractivity contribution is 9.11. The third-order valence-corrected chi connectivity index (χ3v) is 5.32. The van der Waals surface area contributed by atoms with Gasteiger partial charge >= 0.3 is 6.61 Å². The van der Waals surface area contributed by atoms with Gasteiger partial charge in [-0.3, -0.25) is 9.59 Å². The number of methoxy groups -OCH3 is 1. The molecule has 10 heteroatoms. The number of hydrogen-bond donors (Lipinski definition) is 2. The van der Waals surface area contributed by atoms with Crippen molar-refractivity contribution in [2.45, 2.75) is 26.0 Å². The maximum absolute atomic E-state index is 12.5. The molecule has 1 unspecified atom stereocenters. The largest absolute Gasteiger partial charge is 0.493 e. The van der Waals surface area contributed by atoms with Gasteiger partial charge in [0.15, 0.2) is 11.5 Å². The number of benzene rings is 1. The summed E-state index contributed by atoms with van der Waals surface area (Å²) in [6, 6.07) is 7.36. The van der Waals surface area contributed by atoms with Crippen LogP contribution in [0.5, 0.6) is 11.5 Å². The number of hydrogen-bond acceptors (Lipinski definition) is 5. The number of halogens is 3. The summed E-state index contributed by atoms with van der Waals surface area (Å²) < 4.78 is 35.2. The molecule has 2 rings (SSSR count). The lowest BCUT2D eigenvalue weighted by Crippen LogP contribution is -2.45. The molecule has 1 heterocycles. The van der Waals surface area contributed by atoms with Crippen molar-refractivity contribution in [3.05, 3.63) is 44.6 Å². The van der Waals surface area contributed by atoms with E-state index >= 15 is 0 Å². The second-order valence-corrected chi connectivity index (χ2v) is 8.17. The topological polar surface area (TPSA) is 76.7 Å². The van der Waals surface area contributed by atoms with Crippen LogP contribution in [0.3, 0.4) is 0 Å². The molecule has 0 bridgehead atoms.